The lowest BCUT2D eigenvalue weighted by Gasteiger charge is -2.18. The average Bonchev–Trinajstić information content (AvgIpc) is 2.80. The lowest BCUT2D eigenvalue weighted by Crippen LogP contribution is -2.20. The Morgan fingerprint density at radius 3 is 2.55 bits per heavy atom. The van der Waals surface area contributed by atoms with Crippen LogP contribution in [0.4, 0.5) is 0 Å². The van der Waals surface area contributed by atoms with Crippen LogP contribution in [0.2, 0.25) is 0 Å². The van der Waals surface area contributed by atoms with E-state index in [1.165, 1.54) is 5.82 Å². The highest BCUT2D eigenvalue weighted by atomic mass is 127. The first-order valence-corrected chi connectivity index (χ1v) is 9.34. The van der Waals surface area contributed by atoms with Crippen LogP contribution in [0.3, 0.4) is 0 Å². The molecule has 0 aromatic heterocycles. The fourth-order valence-electron chi connectivity index (χ4n) is 2.18. The van der Waals surface area contributed by atoms with Crippen molar-refractivity contribution in [3.8, 4) is 0 Å². The molecule has 0 aliphatic carbocycles. The zero-order valence-electron chi connectivity index (χ0n) is 11.8. The summed E-state index contributed by atoms with van der Waals surface area (Å²) in [5.74, 6) is 1.47. The quantitative estimate of drug-likeness (QED) is 0.375. The number of ether oxygens (including phenoxy) is 3. The molecular weight excluding hydrogens is 398 g/mol. The molecule has 0 radical (unpaired) electrons. The van der Waals surface area contributed by atoms with Crippen molar-refractivity contribution in [3.05, 3.63) is 11.9 Å². The first-order chi connectivity index (χ1) is 9.37. The van der Waals surface area contributed by atoms with Crippen molar-refractivity contribution < 1.29 is 27.8 Å². The summed E-state index contributed by atoms with van der Waals surface area (Å²) in [7, 11) is -3.17. The van der Waals surface area contributed by atoms with E-state index in [2.05, 4.69) is 22.6 Å². The minimum absolute atomic E-state index is 0.0925. The lowest BCUT2D eigenvalue weighted by molar-refractivity contribution is -0.150. The summed E-state index contributed by atoms with van der Waals surface area (Å²) < 4.78 is 39.0. The SMILES string of the molecule is CCOP(=O)(/C=C/[C@@H]1C[C@H]2OC(C)(I)O[C@H]2O1)OCC. The van der Waals surface area contributed by atoms with Crippen molar-refractivity contribution in [2.75, 3.05) is 13.2 Å². The molecule has 0 spiro atoms. The summed E-state index contributed by atoms with van der Waals surface area (Å²) in [5, 5.41) is 0. The molecule has 2 fully saturated rings. The van der Waals surface area contributed by atoms with Gasteiger partial charge < -0.3 is 23.3 Å². The molecular formula is C12H20IO6P. The Balaban J connectivity index is 1.92. The molecule has 6 nitrogen and oxygen atoms in total. The van der Waals surface area contributed by atoms with E-state index >= 15 is 0 Å². The molecule has 2 heterocycles. The molecule has 0 aromatic carbocycles. The summed E-state index contributed by atoms with van der Waals surface area (Å²) in [5.41, 5.74) is 0. The number of halogens is 1. The van der Waals surface area contributed by atoms with Gasteiger partial charge in [0.2, 0.25) is 3.79 Å². The maximum absolute atomic E-state index is 12.3. The summed E-state index contributed by atoms with van der Waals surface area (Å²) in [4.78, 5) is 0. The van der Waals surface area contributed by atoms with Crippen LogP contribution >= 0.6 is 30.2 Å². The van der Waals surface area contributed by atoms with Crippen molar-refractivity contribution in [2.45, 2.75) is 49.5 Å². The third-order valence-corrected chi connectivity index (χ3v) is 5.15. The van der Waals surface area contributed by atoms with Gasteiger partial charge in [0.05, 0.1) is 19.3 Å². The van der Waals surface area contributed by atoms with Gasteiger partial charge in [-0.05, 0) is 49.4 Å². The molecule has 2 saturated heterocycles. The molecule has 8 heteroatoms. The van der Waals surface area contributed by atoms with E-state index in [-0.39, 0.29) is 18.5 Å². The van der Waals surface area contributed by atoms with E-state index in [1.54, 1.807) is 19.9 Å². The monoisotopic (exact) mass is 418 g/mol. The first-order valence-electron chi connectivity index (χ1n) is 6.65. The second kappa shape index (κ2) is 6.73. The van der Waals surface area contributed by atoms with Crippen molar-refractivity contribution in [2.24, 2.45) is 0 Å². The van der Waals surface area contributed by atoms with Crippen LogP contribution in [0.1, 0.15) is 27.2 Å². The predicted molar refractivity (Wildman–Crippen MR) is 81.7 cm³/mol. The second-order valence-corrected chi connectivity index (χ2v) is 8.46. The lowest BCUT2D eigenvalue weighted by atomic mass is 10.2. The van der Waals surface area contributed by atoms with Crippen molar-refractivity contribution in [1.29, 1.82) is 0 Å². The van der Waals surface area contributed by atoms with E-state index in [9.17, 15) is 4.57 Å². The molecule has 2 aliphatic rings. The Kier molecular flexibility index (Phi) is 5.67. The van der Waals surface area contributed by atoms with Crippen molar-refractivity contribution in [3.63, 3.8) is 0 Å². The molecule has 116 valence electrons. The van der Waals surface area contributed by atoms with Crippen molar-refractivity contribution >= 4 is 30.2 Å². The van der Waals surface area contributed by atoms with Gasteiger partial charge in [0.15, 0.2) is 6.29 Å². The Morgan fingerprint density at radius 1 is 1.35 bits per heavy atom. The first kappa shape index (κ1) is 16.9. The van der Waals surface area contributed by atoms with Gasteiger partial charge in [0.1, 0.15) is 6.10 Å². The number of fused-ring (bicyclic) bond motifs is 1. The molecule has 0 amide bonds. The standard InChI is InChI=1S/C12H20IO6P/c1-4-15-20(14,16-5-2)7-6-9-8-10-11(17-9)19-12(3,13)18-10/h6-7,9-11H,4-5,8H2,1-3H3/b7-6+/t9-,10-,11-,12?/m1/s1. The third kappa shape index (κ3) is 4.25. The maximum atomic E-state index is 12.3. The minimum Gasteiger partial charge on any atom is -0.342 e. The average molecular weight is 418 g/mol. The fraction of sp³-hybridized carbons (Fsp3) is 0.833. The van der Waals surface area contributed by atoms with Crippen LogP contribution in [0.5, 0.6) is 0 Å². The van der Waals surface area contributed by atoms with Gasteiger partial charge in [0, 0.05) is 12.2 Å². The Bertz CT molecular complexity index is 387. The molecule has 0 aromatic rings. The van der Waals surface area contributed by atoms with Gasteiger partial charge in [-0.25, -0.2) is 0 Å². The Labute approximate surface area is 132 Å². The zero-order chi connectivity index (χ0) is 14.8. The highest BCUT2D eigenvalue weighted by Gasteiger charge is 2.49. The Hall–Kier alpha value is 0.500. The van der Waals surface area contributed by atoms with E-state index in [0.717, 1.165) is 0 Å². The summed E-state index contributed by atoms with van der Waals surface area (Å²) in [6.07, 6.45) is 1.71. The van der Waals surface area contributed by atoms with Gasteiger partial charge in [-0.15, -0.1) is 0 Å². The smallest absolute Gasteiger partial charge is 0.342 e. The van der Waals surface area contributed by atoms with Gasteiger partial charge in [-0.1, -0.05) is 0 Å². The molecule has 20 heavy (non-hydrogen) atoms. The maximum Gasteiger partial charge on any atom is 0.353 e. The van der Waals surface area contributed by atoms with Crippen molar-refractivity contribution in [1.82, 2.24) is 0 Å². The van der Waals surface area contributed by atoms with E-state index in [0.29, 0.717) is 19.6 Å². The van der Waals surface area contributed by atoms with Gasteiger partial charge in [0.25, 0.3) is 0 Å². The van der Waals surface area contributed by atoms with Gasteiger partial charge in [-0.2, -0.15) is 0 Å². The molecule has 0 saturated carbocycles. The highest BCUT2D eigenvalue weighted by Crippen LogP contribution is 2.50. The van der Waals surface area contributed by atoms with Crippen LogP contribution in [0, 0.1) is 0 Å². The topological polar surface area (TPSA) is 63.2 Å². The van der Waals surface area contributed by atoms with Crippen LogP contribution in [-0.2, 0) is 27.8 Å². The third-order valence-electron chi connectivity index (χ3n) is 2.87. The van der Waals surface area contributed by atoms with Crippen LogP contribution < -0.4 is 0 Å². The van der Waals surface area contributed by atoms with Gasteiger partial charge in [-0.3, -0.25) is 4.57 Å². The van der Waals surface area contributed by atoms with Crippen LogP contribution in [0.25, 0.3) is 0 Å². The molecule has 2 aliphatic heterocycles. The minimum atomic E-state index is -3.17. The number of rotatable bonds is 6. The predicted octanol–water partition coefficient (Wildman–Crippen LogP) is 3.41. The summed E-state index contributed by atoms with van der Waals surface area (Å²) >= 11 is 2.09. The molecule has 0 bridgehead atoms. The largest absolute Gasteiger partial charge is 0.353 e. The molecule has 1 unspecified atom stereocenters. The summed E-state index contributed by atoms with van der Waals surface area (Å²) in [6.45, 7) is 6.06. The highest BCUT2D eigenvalue weighted by molar-refractivity contribution is 14.1. The Morgan fingerprint density at radius 2 is 2.00 bits per heavy atom. The van der Waals surface area contributed by atoms with Crippen LogP contribution in [0.15, 0.2) is 11.9 Å². The number of hydrogen-bond acceptors (Lipinski definition) is 6. The molecule has 0 N–H and O–H groups in total. The van der Waals surface area contributed by atoms with E-state index in [4.69, 9.17) is 23.3 Å². The molecule has 4 atom stereocenters. The fourth-order valence-corrected chi connectivity index (χ4v) is 4.12. The number of hydrogen-bond donors (Lipinski definition) is 0. The number of alkyl halides is 1. The van der Waals surface area contributed by atoms with Crippen LogP contribution in [-0.4, -0.2) is 35.5 Å². The zero-order valence-corrected chi connectivity index (χ0v) is 14.8. The van der Waals surface area contributed by atoms with Gasteiger partial charge >= 0.3 is 7.60 Å². The molecule has 2 rings (SSSR count). The normalized spacial score (nSPS) is 37.7. The van der Waals surface area contributed by atoms with E-state index < -0.39 is 11.4 Å². The second-order valence-electron chi connectivity index (χ2n) is 4.60. The summed E-state index contributed by atoms with van der Waals surface area (Å²) in [6, 6.07) is 0. The van der Waals surface area contributed by atoms with E-state index in [1.807, 2.05) is 6.92 Å².